The highest BCUT2D eigenvalue weighted by Gasteiger charge is 2.40. The minimum absolute atomic E-state index is 0.0409. The number of rotatable bonds is 6. The molecule has 2 bridgehead atoms. The lowest BCUT2D eigenvalue weighted by Gasteiger charge is -2.46. The molecule has 4 heterocycles. The van der Waals surface area contributed by atoms with Crippen LogP contribution in [0.15, 0.2) is 36.7 Å². The van der Waals surface area contributed by atoms with E-state index in [1.807, 2.05) is 0 Å². The smallest absolute Gasteiger partial charge is 0.416 e. The lowest BCUT2D eigenvalue weighted by molar-refractivity contribution is -0.137. The van der Waals surface area contributed by atoms with Crippen LogP contribution < -0.4 is 19.9 Å². The Balaban J connectivity index is 1.45. The number of carbonyl (C=O) groups excluding carboxylic acids is 1. The van der Waals surface area contributed by atoms with Gasteiger partial charge in [-0.1, -0.05) is 12.1 Å². The number of nitrogens with zero attached hydrogens (tertiary/aromatic N) is 6. The molecule has 0 aliphatic carbocycles. The summed E-state index contributed by atoms with van der Waals surface area (Å²) in [6.07, 6.45) is -1.35. The van der Waals surface area contributed by atoms with Gasteiger partial charge in [0.25, 0.3) is 0 Å². The molecule has 2 atom stereocenters. The molecule has 3 aromatic rings. The van der Waals surface area contributed by atoms with Crippen molar-refractivity contribution in [2.75, 3.05) is 41.4 Å². The summed E-state index contributed by atoms with van der Waals surface area (Å²) in [4.78, 5) is 34.3. The lowest BCUT2D eigenvalue weighted by atomic mass is 9.99. The van der Waals surface area contributed by atoms with Gasteiger partial charge in [-0.15, -0.1) is 0 Å². The van der Waals surface area contributed by atoms with E-state index in [2.05, 4.69) is 30.2 Å². The lowest BCUT2D eigenvalue weighted by Crippen LogP contribution is -2.56. The number of amides is 2. The molecule has 0 saturated carbocycles. The topological polar surface area (TPSA) is 137 Å². The van der Waals surface area contributed by atoms with Crippen LogP contribution in [0.3, 0.4) is 0 Å². The first kappa shape index (κ1) is 26.6. The first-order chi connectivity index (χ1) is 18.6. The Morgan fingerprint density at radius 2 is 2.03 bits per heavy atom. The fourth-order valence-corrected chi connectivity index (χ4v) is 4.72. The molecular formula is C25H26F3N7O4. The average molecular weight is 546 g/mol. The molecule has 1 aromatic carbocycles. The van der Waals surface area contributed by atoms with E-state index in [4.69, 9.17) is 9.84 Å². The summed E-state index contributed by atoms with van der Waals surface area (Å²) in [5.74, 6) is 0.411. The Morgan fingerprint density at radius 3 is 2.74 bits per heavy atom. The van der Waals surface area contributed by atoms with E-state index in [-0.39, 0.29) is 35.7 Å². The third kappa shape index (κ3) is 5.56. The summed E-state index contributed by atoms with van der Waals surface area (Å²) in [6.45, 7) is 2.42. The number of piperidine rings is 1. The number of ether oxygens (including phenoxy) is 1. The van der Waals surface area contributed by atoms with Gasteiger partial charge in [0.2, 0.25) is 0 Å². The van der Waals surface area contributed by atoms with Gasteiger partial charge in [0.15, 0.2) is 11.6 Å². The average Bonchev–Trinajstić information content (AvgIpc) is 2.92. The van der Waals surface area contributed by atoms with E-state index in [1.165, 1.54) is 29.4 Å². The van der Waals surface area contributed by atoms with Gasteiger partial charge in [0.05, 0.1) is 42.0 Å². The van der Waals surface area contributed by atoms with Gasteiger partial charge in [-0.05, 0) is 31.9 Å². The van der Waals surface area contributed by atoms with Crippen LogP contribution in [0.2, 0.25) is 0 Å². The molecule has 1 fully saturated rings. The molecule has 3 N–H and O–H groups in total. The van der Waals surface area contributed by atoms with Crippen molar-refractivity contribution in [1.29, 1.82) is 0 Å². The normalized spacial score (nSPS) is 17.4. The maximum Gasteiger partial charge on any atom is 0.416 e. The molecule has 2 aliphatic rings. The maximum absolute atomic E-state index is 13.6. The number of anilines is 3. The van der Waals surface area contributed by atoms with E-state index in [9.17, 15) is 23.1 Å². The highest BCUT2D eigenvalue weighted by molar-refractivity contribution is 6.04. The molecule has 11 nitrogen and oxygen atoms in total. The molecule has 2 aliphatic heterocycles. The number of aryl methyl sites for hydroxylation is 1. The second-order valence-electron chi connectivity index (χ2n) is 9.33. The van der Waals surface area contributed by atoms with Crippen molar-refractivity contribution in [2.24, 2.45) is 0 Å². The molecule has 5 rings (SSSR count). The van der Waals surface area contributed by atoms with Gasteiger partial charge in [-0.2, -0.15) is 13.2 Å². The quantitative estimate of drug-likeness (QED) is 0.427. The standard InChI is InChI=1S/C25H26F3N7O4/c1-14-20-22(33-21(31-14)15-4-2-5-16(8-15)25(26,27)28)35(18-6-3-7-34(20)11-18)24(38)32-17-9-29-23(30-10-17)39-13-19(37)12-36/h2,4-5,8-10,18-19,36-37H,3,6-7,11-13H2,1H3,(H,32,38)/t18-,19+/m0/s1. The number of hydrogen-bond acceptors (Lipinski definition) is 9. The molecule has 1 saturated heterocycles. The van der Waals surface area contributed by atoms with Gasteiger partial charge in [-0.25, -0.2) is 24.7 Å². The Hall–Kier alpha value is -4.04. The molecule has 206 valence electrons. The zero-order chi connectivity index (χ0) is 27.7. The number of carbonyl (C=O) groups is 1. The van der Waals surface area contributed by atoms with Crippen LogP contribution >= 0.6 is 0 Å². The van der Waals surface area contributed by atoms with Gasteiger partial charge in [-0.3, -0.25) is 4.90 Å². The second-order valence-corrected chi connectivity index (χ2v) is 9.33. The predicted octanol–water partition coefficient (Wildman–Crippen LogP) is 3.01. The largest absolute Gasteiger partial charge is 0.461 e. The van der Waals surface area contributed by atoms with Crippen LogP contribution in [0.25, 0.3) is 11.4 Å². The van der Waals surface area contributed by atoms with Crippen molar-refractivity contribution in [2.45, 2.75) is 38.1 Å². The minimum atomic E-state index is -4.52. The van der Waals surface area contributed by atoms with Gasteiger partial charge in [0.1, 0.15) is 18.4 Å². The zero-order valence-corrected chi connectivity index (χ0v) is 20.9. The van der Waals surface area contributed by atoms with Gasteiger partial charge >= 0.3 is 18.2 Å². The summed E-state index contributed by atoms with van der Waals surface area (Å²) in [6, 6.07) is 4.04. The summed E-state index contributed by atoms with van der Waals surface area (Å²) in [5, 5.41) is 21.0. The number of nitrogens with one attached hydrogen (secondary N) is 1. The number of halogens is 3. The first-order valence-electron chi connectivity index (χ1n) is 12.3. The van der Waals surface area contributed by atoms with Crippen LogP contribution in [0.5, 0.6) is 6.01 Å². The Labute approximate surface area is 221 Å². The number of aliphatic hydroxyl groups is 2. The zero-order valence-electron chi connectivity index (χ0n) is 20.9. The number of benzene rings is 1. The first-order valence-corrected chi connectivity index (χ1v) is 12.3. The summed E-state index contributed by atoms with van der Waals surface area (Å²) < 4.78 is 45.2. The number of aromatic nitrogens is 4. The Kier molecular flexibility index (Phi) is 7.23. The molecule has 39 heavy (non-hydrogen) atoms. The van der Waals surface area contributed by atoms with E-state index >= 15 is 0 Å². The molecular weight excluding hydrogens is 519 g/mol. The molecule has 0 unspecified atom stereocenters. The number of hydrogen-bond donors (Lipinski definition) is 3. The number of fused-ring (bicyclic) bond motifs is 4. The Bertz CT molecular complexity index is 1360. The van der Waals surface area contributed by atoms with E-state index in [1.54, 1.807) is 6.92 Å². The van der Waals surface area contributed by atoms with Gasteiger partial charge < -0.3 is 25.2 Å². The third-order valence-electron chi connectivity index (χ3n) is 6.51. The SMILES string of the molecule is Cc1nc(-c2cccc(C(F)(F)F)c2)nc2c1N1CCC[C@@H](C1)N2C(=O)Nc1cnc(OC[C@H](O)CO)nc1. The number of urea groups is 1. The highest BCUT2D eigenvalue weighted by Crippen LogP contribution is 2.41. The van der Waals surface area contributed by atoms with Crippen LogP contribution in [0, 0.1) is 6.92 Å². The highest BCUT2D eigenvalue weighted by atomic mass is 19.4. The fraction of sp³-hybridized carbons (Fsp3) is 0.400. The summed E-state index contributed by atoms with van der Waals surface area (Å²) in [5.41, 5.74) is 0.878. The van der Waals surface area contributed by atoms with E-state index in [0.29, 0.717) is 23.7 Å². The monoisotopic (exact) mass is 545 g/mol. The van der Waals surface area contributed by atoms with E-state index in [0.717, 1.165) is 31.5 Å². The summed E-state index contributed by atoms with van der Waals surface area (Å²) in [7, 11) is 0. The van der Waals surface area contributed by atoms with Crippen LogP contribution in [-0.4, -0.2) is 74.6 Å². The molecule has 2 amide bonds. The van der Waals surface area contributed by atoms with Crippen molar-refractivity contribution in [3.63, 3.8) is 0 Å². The number of aliphatic hydroxyl groups excluding tert-OH is 2. The van der Waals surface area contributed by atoms with Crippen molar-refractivity contribution in [3.8, 4) is 17.4 Å². The molecule has 2 aromatic heterocycles. The van der Waals surface area contributed by atoms with Crippen molar-refractivity contribution < 1.29 is 32.9 Å². The fourth-order valence-electron chi connectivity index (χ4n) is 4.72. The van der Waals surface area contributed by atoms with Crippen LogP contribution in [0.4, 0.5) is 35.2 Å². The Morgan fingerprint density at radius 1 is 1.26 bits per heavy atom. The van der Waals surface area contributed by atoms with Crippen molar-refractivity contribution in [3.05, 3.63) is 47.9 Å². The molecule has 0 radical (unpaired) electrons. The summed E-state index contributed by atoms with van der Waals surface area (Å²) >= 11 is 0. The van der Waals surface area contributed by atoms with E-state index < -0.39 is 30.5 Å². The maximum atomic E-state index is 13.6. The van der Waals surface area contributed by atoms with Crippen LogP contribution in [-0.2, 0) is 6.18 Å². The third-order valence-corrected chi connectivity index (χ3v) is 6.51. The number of alkyl halides is 3. The molecule has 14 heteroatoms. The predicted molar refractivity (Wildman–Crippen MR) is 135 cm³/mol. The van der Waals surface area contributed by atoms with Crippen molar-refractivity contribution >= 4 is 23.2 Å². The van der Waals surface area contributed by atoms with Gasteiger partial charge in [0, 0.05) is 18.7 Å². The minimum Gasteiger partial charge on any atom is -0.461 e. The van der Waals surface area contributed by atoms with Crippen molar-refractivity contribution in [1.82, 2.24) is 19.9 Å². The molecule has 0 spiro atoms. The van der Waals surface area contributed by atoms with Crippen LogP contribution in [0.1, 0.15) is 24.1 Å². The second kappa shape index (κ2) is 10.6.